The topological polar surface area (TPSA) is 58.6 Å². The van der Waals surface area contributed by atoms with Crippen molar-refractivity contribution in [2.45, 2.75) is 19.4 Å². The van der Waals surface area contributed by atoms with E-state index in [-0.39, 0.29) is 17.9 Å². The second-order valence-electron chi connectivity index (χ2n) is 5.79. The highest BCUT2D eigenvalue weighted by Crippen LogP contribution is 2.36. The van der Waals surface area contributed by atoms with Gasteiger partial charge < -0.3 is 15.0 Å². The van der Waals surface area contributed by atoms with Crippen LogP contribution in [0.25, 0.3) is 0 Å². The molecular weight excluding hydrogens is 304 g/mol. The van der Waals surface area contributed by atoms with Crippen molar-refractivity contribution in [1.82, 2.24) is 0 Å². The lowest BCUT2D eigenvalue weighted by atomic mass is 9.98. The molecule has 2 aromatic rings. The van der Waals surface area contributed by atoms with Crippen LogP contribution in [0, 0.1) is 0 Å². The summed E-state index contributed by atoms with van der Waals surface area (Å²) in [6.07, 6.45) is 0.765. The number of hydrogen-bond acceptors (Lipinski definition) is 3. The molecule has 0 aliphatic carbocycles. The van der Waals surface area contributed by atoms with Gasteiger partial charge in [0, 0.05) is 43.1 Å². The van der Waals surface area contributed by atoms with Crippen molar-refractivity contribution in [3.05, 3.63) is 59.7 Å². The Morgan fingerprint density at radius 3 is 2.71 bits per heavy atom. The smallest absolute Gasteiger partial charge is 0.258 e. The molecule has 0 saturated carbocycles. The van der Waals surface area contributed by atoms with Crippen LogP contribution in [0.2, 0.25) is 0 Å². The highest BCUT2D eigenvalue weighted by atomic mass is 16.5. The van der Waals surface area contributed by atoms with Crippen molar-refractivity contribution in [3.63, 3.8) is 0 Å². The van der Waals surface area contributed by atoms with Gasteiger partial charge in [-0.1, -0.05) is 24.3 Å². The average molecular weight is 324 g/mol. The highest BCUT2D eigenvalue weighted by Gasteiger charge is 2.28. The zero-order valence-corrected chi connectivity index (χ0v) is 13.8. The van der Waals surface area contributed by atoms with E-state index in [2.05, 4.69) is 5.32 Å². The van der Waals surface area contributed by atoms with Crippen molar-refractivity contribution >= 4 is 23.2 Å². The van der Waals surface area contributed by atoms with Crippen LogP contribution in [0.15, 0.2) is 48.5 Å². The van der Waals surface area contributed by atoms with Crippen LogP contribution in [0.3, 0.4) is 0 Å². The minimum Gasteiger partial charge on any atom is -0.377 e. The Hall–Kier alpha value is -2.66. The maximum atomic E-state index is 13.0. The number of hydrogen-bond donors (Lipinski definition) is 1. The summed E-state index contributed by atoms with van der Waals surface area (Å²) in [4.78, 5) is 26.0. The van der Waals surface area contributed by atoms with Crippen LogP contribution in [-0.2, 0) is 9.53 Å². The minimum atomic E-state index is -0.161. The number of nitrogens with zero attached hydrogens (tertiary/aromatic N) is 1. The second kappa shape index (κ2) is 6.84. The average Bonchev–Trinajstić information content (AvgIpc) is 2.60. The molecule has 124 valence electrons. The molecule has 2 aromatic carbocycles. The standard InChI is InChI=1S/C19H20N2O3/c1-13(22)20-15-7-5-6-14(12-15)19(23)21-11-10-18(24-2)16-8-3-4-9-17(16)21/h3-9,12,18H,10-11H2,1-2H3,(H,20,22). The van der Waals surface area contributed by atoms with Gasteiger partial charge in [-0.3, -0.25) is 9.59 Å². The molecule has 1 aliphatic heterocycles. The lowest BCUT2D eigenvalue weighted by Crippen LogP contribution is -2.37. The summed E-state index contributed by atoms with van der Waals surface area (Å²) in [7, 11) is 1.69. The lowest BCUT2D eigenvalue weighted by molar-refractivity contribution is -0.114. The molecule has 1 N–H and O–H groups in total. The Morgan fingerprint density at radius 1 is 1.17 bits per heavy atom. The van der Waals surface area contributed by atoms with E-state index in [1.165, 1.54) is 6.92 Å². The second-order valence-corrected chi connectivity index (χ2v) is 5.79. The summed E-state index contributed by atoms with van der Waals surface area (Å²) < 4.78 is 5.53. The Kier molecular flexibility index (Phi) is 4.62. The Bertz CT molecular complexity index is 773. The summed E-state index contributed by atoms with van der Waals surface area (Å²) in [6, 6.07) is 14.8. The molecule has 5 nitrogen and oxygen atoms in total. The molecule has 1 aliphatic rings. The van der Waals surface area contributed by atoms with E-state index in [0.717, 1.165) is 17.7 Å². The van der Waals surface area contributed by atoms with Gasteiger partial charge in [0.05, 0.1) is 6.10 Å². The van der Waals surface area contributed by atoms with Crippen molar-refractivity contribution in [3.8, 4) is 0 Å². The molecular formula is C19H20N2O3. The summed E-state index contributed by atoms with van der Waals surface area (Å²) in [6.45, 7) is 2.04. The molecule has 0 radical (unpaired) electrons. The van der Waals surface area contributed by atoms with Crippen LogP contribution in [0.1, 0.15) is 35.4 Å². The van der Waals surface area contributed by atoms with Gasteiger partial charge in [0.2, 0.25) is 5.91 Å². The molecule has 24 heavy (non-hydrogen) atoms. The predicted molar refractivity (Wildman–Crippen MR) is 93.2 cm³/mol. The van der Waals surface area contributed by atoms with Crippen molar-refractivity contribution in [2.75, 3.05) is 23.9 Å². The molecule has 2 amide bonds. The number of methoxy groups -OCH3 is 1. The fraction of sp³-hybridized carbons (Fsp3) is 0.263. The van der Waals surface area contributed by atoms with Crippen molar-refractivity contribution in [1.29, 1.82) is 0 Å². The minimum absolute atomic E-state index is 0.0102. The SMILES string of the molecule is COC1CCN(C(=O)c2cccc(NC(C)=O)c2)c2ccccc21. The number of carbonyl (C=O) groups excluding carboxylic acids is 2. The van der Waals surface area contributed by atoms with E-state index >= 15 is 0 Å². The monoisotopic (exact) mass is 324 g/mol. The number of ether oxygens (including phenoxy) is 1. The van der Waals surface area contributed by atoms with E-state index < -0.39 is 0 Å². The Labute approximate surface area is 141 Å². The summed E-state index contributed by atoms with van der Waals surface area (Å²) in [5.74, 6) is -0.241. The van der Waals surface area contributed by atoms with Gasteiger partial charge >= 0.3 is 0 Å². The fourth-order valence-electron chi connectivity index (χ4n) is 3.07. The Morgan fingerprint density at radius 2 is 1.96 bits per heavy atom. The van der Waals surface area contributed by atoms with Crippen LogP contribution in [-0.4, -0.2) is 25.5 Å². The predicted octanol–water partition coefficient (Wildman–Crippen LogP) is 3.38. The number of amides is 2. The van der Waals surface area contributed by atoms with E-state index in [9.17, 15) is 9.59 Å². The fourth-order valence-corrected chi connectivity index (χ4v) is 3.07. The van der Waals surface area contributed by atoms with Crippen molar-refractivity contribution < 1.29 is 14.3 Å². The summed E-state index contributed by atoms with van der Waals surface area (Å²) in [5.41, 5.74) is 3.07. The van der Waals surface area contributed by atoms with Crippen LogP contribution < -0.4 is 10.2 Å². The first-order valence-corrected chi connectivity index (χ1v) is 7.91. The maximum absolute atomic E-state index is 13.0. The number of anilines is 2. The third-order valence-electron chi connectivity index (χ3n) is 4.15. The van der Waals surface area contributed by atoms with E-state index in [4.69, 9.17) is 4.74 Å². The van der Waals surface area contributed by atoms with Gasteiger partial charge in [-0.05, 0) is 30.7 Å². The number of benzene rings is 2. The zero-order chi connectivity index (χ0) is 17.1. The molecule has 3 rings (SSSR count). The molecule has 0 saturated heterocycles. The number of nitrogens with one attached hydrogen (secondary N) is 1. The van der Waals surface area contributed by atoms with Gasteiger partial charge in [0.25, 0.3) is 5.91 Å². The third-order valence-corrected chi connectivity index (χ3v) is 4.15. The van der Waals surface area contributed by atoms with Crippen LogP contribution >= 0.6 is 0 Å². The first-order valence-electron chi connectivity index (χ1n) is 7.91. The first kappa shape index (κ1) is 16.2. The third kappa shape index (κ3) is 3.16. The zero-order valence-electron chi connectivity index (χ0n) is 13.8. The number of fused-ring (bicyclic) bond motifs is 1. The van der Waals surface area contributed by atoms with Gasteiger partial charge in [0.1, 0.15) is 0 Å². The van der Waals surface area contributed by atoms with Gasteiger partial charge in [-0.2, -0.15) is 0 Å². The molecule has 5 heteroatoms. The quantitative estimate of drug-likeness (QED) is 0.941. The largest absolute Gasteiger partial charge is 0.377 e. The van der Waals surface area contributed by atoms with E-state index in [1.54, 1.807) is 36.3 Å². The summed E-state index contributed by atoms with van der Waals surface area (Å²) >= 11 is 0. The lowest BCUT2D eigenvalue weighted by Gasteiger charge is -2.33. The normalized spacial score (nSPS) is 16.4. The molecule has 1 heterocycles. The number of carbonyl (C=O) groups is 2. The molecule has 0 fully saturated rings. The molecule has 0 bridgehead atoms. The van der Waals surface area contributed by atoms with Gasteiger partial charge in [-0.25, -0.2) is 0 Å². The number of rotatable bonds is 3. The van der Waals surface area contributed by atoms with E-state index in [0.29, 0.717) is 17.8 Å². The Balaban J connectivity index is 1.92. The van der Waals surface area contributed by atoms with Crippen LogP contribution in [0.4, 0.5) is 11.4 Å². The van der Waals surface area contributed by atoms with Gasteiger partial charge in [0.15, 0.2) is 0 Å². The maximum Gasteiger partial charge on any atom is 0.258 e. The number of para-hydroxylation sites is 1. The summed E-state index contributed by atoms with van der Waals surface area (Å²) in [5, 5.41) is 2.71. The van der Waals surface area contributed by atoms with Crippen LogP contribution in [0.5, 0.6) is 0 Å². The van der Waals surface area contributed by atoms with Crippen molar-refractivity contribution in [2.24, 2.45) is 0 Å². The van der Waals surface area contributed by atoms with Gasteiger partial charge in [-0.15, -0.1) is 0 Å². The molecule has 0 spiro atoms. The molecule has 1 atom stereocenters. The molecule has 1 unspecified atom stereocenters. The first-order chi connectivity index (χ1) is 11.6. The van der Waals surface area contributed by atoms with E-state index in [1.807, 2.05) is 24.3 Å². The molecule has 0 aromatic heterocycles. The highest BCUT2D eigenvalue weighted by molar-refractivity contribution is 6.07.